The molecule has 1 amide bonds. The van der Waals surface area contributed by atoms with Gasteiger partial charge in [-0.15, -0.1) is 0 Å². The van der Waals surface area contributed by atoms with Crippen molar-refractivity contribution < 1.29 is 14.6 Å². The van der Waals surface area contributed by atoms with Crippen LogP contribution in [-0.4, -0.2) is 35.6 Å². The molecule has 2 rings (SSSR count). The molecule has 1 N–H and O–H groups in total. The normalized spacial score (nSPS) is 14.6. The summed E-state index contributed by atoms with van der Waals surface area (Å²) in [7, 11) is 1.79. The lowest BCUT2D eigenvalue weighted by molar-refractivity contribution is -0.132. The van der Waals surface area contributed by atoms with E-state index in [-0.39, 0.29) is 18.3 Å². The van der Waals surface area contributed by atoms with Crippen LogP contribution in [0.15, 0.2) is 24.3 Å². The number of likely N-dealkylation sites (N-methyl/N-ethyl adjacent to an activating group) is 1. The first-order chi connectivity index (χ1) is 7.68. The van der Waals surface area contributed by atoms with Crippen LogP contribution in [0.3, 0.4) is 0 Å². The second-order valence-electron chi connectivity index (χ2n) is 3.99. The molecule has 16 heavy (non-hydrogen) atoms. The van der Waals surface area contributed by atoms with Crippen molar-refractivity contribution in [3.05, 3.63) is 24.3 Å². The Morgan fingerprint density at radius 1 is 1.50 bits per heavy atom. The van der Waals surface area contributed by atoms with Crippen LogP contribution >= 0.6 is 0 Å². The molecule has 1 fully saturated rings. The summed E-state index contributed by atoms with van der Waals surface area (Å²) in [5, 5.41) is 9.43. The number of hydrogen-bond donors (Lipinski definition) is 1. The van der Waals surface area contributed by atoms with Gasteiger partial charge in [-0.05, 0) is 25.0 Å². The highest BCUT2D eigenvalue weighted by Gasteiger charge is 2.29. The number of carbonyl (C=O) groups excluding carboxylic acids is 1. The zero-order chi connectivity index (χ0) is 11.5. The Kier molecular flexibility index (Phi) is 2.99. The minimum Gasteiger partial charge on any atom is -0.504 e. The number of aromatic hydroxyl groups is 1. The molecule has 0 saturated heterocycles. The van der Waals surface area contributed by atoms with E-state index >= 15 is 0 Å². The summed E-state index contributed by atoms with van der Waals surface area (Å²) in [5.74, 6) is 0.357. The standard InChI is InChI=1S/C12H15NO3/c1-13(9-6-7-9)12(15)8-16-11-5-3-2-4-10(11)14/h2-5,9,14H,6-8H2,1H3. The Hall–Kier alpha value is -1.71. The van der Waals surface area contributed by atoms with Gasteiger partial charge in [0.15, 0.2) is 18.1 Å². The quantitative estimate of drug-likeness (QED) is 0.835. The number of carbonyl (C=O) groups is 1. The molecule has 1 aromatic rings. The molecule has 0 aromatic heterocycles. The van der Waals surface area contributed by atoms with Gasteiger partial charge >= 0.3 is 0 Å². The molecule has 0 unspecified atom stereocenters. The van der Waals surface area contributed by atoms with E-state index in [9.17, 15) is 9.90 Å². The molecule has 0 atom stereocenters. The minimum atomic E-state index is -0.0502. The minimum absolute atomic E-state index is 0.0232. The summed E-state index contributed by atoms with van der Waals surface area (Å²) in [6.45, 7) is -0.0232. The SMILES string of the molecule is CN(C(=O)COc1ccccc1O)C1CC1. The fourth-order valence-corrected chi connectivity index (χ4v) is 1.49. The van der Waals surface area contributed by atoms with Gasteiger partial charge in [-0.1, -0.05) is 12.1 Å². The van der Waals surface area contributed by atoms with E-state index < -0.39 is 0 Å². The average molecular weight is 221 g/mol. The second kappa shape index (κ2) is 4.43. The lowest BCUT2D eigenvalue weighted by Gasteiger charge is -2.16. The Bertz CT molecular complexity index is 388. The first-order valence-corrected chi connectivity index (χ1v) is 5.35. The Morgan fingerprint density at radius 2 is 2.19 bits per heavy atom. The number of benzene rings is 1. The van der Waals surface area contributed by atoms with Crippen LogP contribution in [0, 0.1) is 0 Å². The summed E-state index contributed by atoms with van der Waals surface area (Å²) in [6.07, 6.45) is 2.16. The lowest BCUT2D eigenvalue weighted by Crippen LogP contribution is -2.33. The van der Waals surface area contributed by atoms with Gasteiger partial charge in [0.2, 0.25) is 0 Å². The summed E-state index contributed by atoms with van der Waals surface area (Å²) in [5.41, 5.74) is 0. The van der Waals surface area contributed by atoms with Crippen LogP contribution in [0.25, 0.3) is 0 Å². The molecular formula is C12H15NO3. The van der Waals surface area contributed by atoms with E-state index in [1.54, 1.807) is 30.1 Å². The van der Waals surface area contributed by atoms with Gasteiger partial charge in [0.1, 0.15) is 0 Å². The summed E-state index contributed by atoms with van der Waals surface area (Å²) < 4.78 is 5.26. The largest absolute Gasteiger partial charge is 0.504 e. The number of ether oxygens (including phenoxy) is 1. The van der Waals surface area contributed by atoms with Gasteiger partial charge in [0, 0.05) is 13.1 Å². The summed E-state index contributed by atoms with van der Waals surface area (Å²) in [4.78, 5) is 13.3. The third-order valence-corrected chi connectivity index (χ3v) is 2.70. The van der Waals surface area contributed by atoms with Crippen LogP contribution in [0.4, 0.5) is 0 Å². The summed E-state index contributed by atoms with van der Waals surface area (Å²) in [6, 6.07) is 7.02. The maximum absolute atomic E-state index is 11.6. The molecule has 0 spiro atoms. The number of amides is 1. The number of phenols is 1. The highest BCUT2D eigenvalue weighted by atomic mass is 16.5. The van der Waals surface area contributed by atoms with Crippen molar-refractivity contribution in [2.75, 3.05) is 13.7 Å². The molecule has 1 saturated carbocycles. The topological polar surface area (TPSA) is 49.8 Å². The fraction of sp³-hybridized carbons (Fsp3) is 0.417. The lowest BCUT2D eigenvalue weighted by atomic mass is 10.3. The highest BCUT2D eigenvalue weighted by Crippen LogP contribution is 2.26. The van der Waals surface area contributed by atoms with Gasteiger partial charge in [0.25, 0.3) is 5.91 Å². The third-order valence-electron chi connectivity index (χ3n) is 2.70. The second-order valence-corrected chi connectivity index (χ2v) is 3.99. The molecule has 86 valence electrons. The van der Waals surface area contributed by atoms with E-state index in [1.807, 2.05) is 0 Å². The predicted molar refractivity (Wildman–Crippen MR) is 59.4 cm³/mol. The number of para-hydroxylation sites is 2. The highest BCUT2D eigenvalue weighted by molar-refractivity contribution is 5.78. The van der Waals surface area contributed by atoms with E-state index in [2.05, 4.69) is 0 Å². The molecule has 1 aliphatic carbocycles. The van der Waals surface area contributed by atoms with Crippen molar-refractivity contribution in [1.82, 2.24) is 4.90 Å². The zero-order valence-corrected chi connectivity index (χ0v) is 9.22. The van der Waals surface area contributed by atoms with Crippen LogP contribution in [0.2, 0.25) is 0 Å². The Balaban J connectivity index is 1.87. The smallest absolute Gasteiger partial charge is 0.260 e. The van der Waals surface area contributed by atoms with Gasteiger partial charge in [-0.2, -0.15) is 0 Å². The molecular weight excluding hydrogens is 206 g/mol. The average Bonchev–Trinajstić information content (AvgIpc) is 3.10. The van der Waals surface area contributed by atoms with E-state index in [1.165, 1.54) is 6.07 Å². The van der Waals surface area contributed by atoms with Crippen molar-refractivity contribution in [3.63, 3.8) is 0 Å². The van der Waals surface area contributed by atoms with Crippen molar-refractivity contribution in [3.8, 4) is 11.5 Å². The molecule has 1 aliphatic rings. The fourth-order valence-electron chi connectivity index (χ4n) is 1.49. The maximum Gasteiger partial charge on any atom is 0.260 e. The predicted octanol–water partition coefficient (Wildman–Crippen LogP) is 1.39. The molecule has 4 heteroatoms. The molecule has 0 aliphatic heterocycles. The number of phenolic OH excluding ortho intramolecular Hbond substituents is 1. The monoisotopic (exact) mass is 221 g/mol. The van der Waals surface area contributed by atoms with Gasteiger partial charge in [-0.3, -0.25) is 4.79 Å². The summed E-state index contributed by atoms with van der Waals surface area (Å²) >= 11 is 0. The van der Waals surface area contributed by atoms with Crippen LogP contribution in [0.1, 0.15) is 12.8 Å². The van der Waals surface area contributed by atoms with Gasteiger partial charge in [0.05, 0.1) is 0 Å². The molecule has 0 radical (unpaired) electrons. The van der Waals surface area contributed by atoms with Crippen LogP contribution in [0.5, 0.6) is 11.5 Å². The van der Waals surface area contributed by atoms with Gasteiger partial charge in [-0.25, -0.2) is 0 Å². The molecule has 0 bridgehead atoms. The first kappa shape index (κ1) is 10.8. The van der Waals surface area contributed by atoms with E-state index in [0.29, 0.717) is 11.8 Å². The Labute approximate surface area is 94.4 Å². The van der Waals surface area contributed by atoms with Crippen molar-refractivity contribution in [1.29, 1.82) is 0 Å². The molecule has 0 heterocycles. The number of hydrogen-bond acceptors (Lipinski definition) is 3. The number of rotatable bonds is 4. The van der Waals surface area contributed by atoms with Crippen molar-refractivity contribution in [2.45, 2.75) is 18.9 Å². The van der Waals surface area contributed by atoms with Gasteiger partial charge < -0.3 is 14.7 Å². The zero-order valence-electron chi connectivity index (χ0n) is 9.22. The van der Waals surface area contributed by atoms with E-state index in [0.717, 1.165) is 12.8 Å². The third kappa shape index (κ3) is 2.45. The van der Waals surface area contributed by atoms with Crippen LogP contribution < -0.4 is 4.74 Å². The maximum atomic E-state index is 11.6. The van der Waals surface area contributed by atoms with Crippen molar-refractivity contribution >= 4 is 5.91 Å². The molecule has 4 nitrogen and oxygen atoms in total. The Morgan fingerprint density at radius 3 is 2.81 bits per heavy atom. The first-order valence-electron chi connectivity index (χ1n) is 5.35. The van der Waals surface area contributed by atoms with Crippen LogP contribution in [-0.2, 0) is 4.79 Å². The molecule has 1 aromatic carbocycles. The van der Waals surface area contributed by atoms with E-state index in [4.69, 9.17) is 4.74 Å². The number of nitrogens with zero attached hydrogens (tertiary/aromatic N) is 1. The van der Waals surface area contributed by atoms with Crippen molar-refractivity contribution in [2.24, 2.45) is 0 Å².